The standard InChI is InChI=1S/C13H15NO3/c14-12(15)13(4-1-5-13)7-9-2-3-10-11(6-9)17-8-16-10/h2-3,6H,1,4-5,7-8H2,(H2,14,15). The Hall–Kier alpha value is -1.71. The molecule has 90 valence electrons. The van der Waals surface area contributed by atoms with Crippen molar-refractivity contribution in [2.75, 3.05) is 6.79 Å². The van der Waals surface area contributed by atoms with Gasteiger partial charge in [0.2, 0.25) is 12.7 Å². The Balaban J connectivity index is 1.83. The minimum atomic E-state index is -0.326. The van der Waals surface area contributed by atoms with Gasteiger partial charge in [-0.2, -0.15) is 0 Å². The molecule has 0 atom stereocenters. The molecule has 3 rings (SSSR count). The van der Waals surface area contributed by atoms with Crippen molar-refractivity contribution in [3.05, 3.63) is 23.8 Å². The number of hydrogen-bond acceptors (Lipinski definition) is 3. The van der Waals surface area contributed by atoms with Gasteiger partial charge in [0.1, 0.15) is 0 Å². The first-order chi connectivity index (χ1) is 8.20. The highest BCUT2D eigenvalue weighted by Crippen LogP contribution is 2.44. The first-order valence-corrected chi connectivity index (χ1v) is 5.88. The highest BCUT2D eigenvalue weighted by molar-refractivity contribution is 5.82. The average molecular weight is 233 g/mol. The summed E-state index contributed by atoms with van der Waals surface area (Å²) in [6.45, 7) is 0.278. The zero-order valence-corrected chi connectivity index (χ0v) is 9.57. The molecule has 0 saturated heterocycles. The van der Waals surface area contributed by atoms with Gasteiger partial charge >= 0.3 is 0 Å². The van der Waals surface area contributed by atoms with Gasteiger partial charge in [0.15, 0.2) is 11.5 Å². The third-order valence-corrected chi connectivity index (χ3v) is 3.81. The van der Waals surface area contributed by atoms with Crippen molar-refractivity contribution in [2.24, 2.45) is 11.1 Å². The first kappa shape index (κ1) is 10.4. The second-order valence-corrected chi connectivity index (χ2v) is 4.86. The Kier molecular flexibility index (Phi) is 2.24. The molecule has 1 aromatic rings. The average Bonchev–Trinajstić information content (AvgIpc) is 2.69. The maximum absolute atomic E-state index is 11.5. The van der Waals surface area contributed by atoms with E-state index in [0.29, 0.717) is 6.42 Å². The Morgan fingerprint density at radius 1 is 1.29 bits per heavy atom. The monoisotopic (exact) mass is 233 g/mol. The third-order valence-electron chi connectivity index (χ3n) is 3.81. The number of rotatable bonds is 3. The highest BCUT2D eigenvalue weighted by Gasteiger charge is 2.42. The van der Waals surface area contributed by atoms with Crippen LogP contribution >= 0.6 is 0 Å². The number of carbonyl (C=O) groups is 1. The summed E-state index contributed by atoms with van der Waals surface area (Å²) < 4.78 is 10.6. The SMILES string of the molecule is NC(=O)C1(Cc2ccc3c(c2)OCO3)CCC1. The van der Waals surface area contributed by atoms with Gasteiger partial charge in [-0.3, -0.25) is 4.79 Å². The van der Waals surface area contributed by atoms with Crippen LogP contribution in [0, 0.1) is 5.41 Å². The molecule has 4 nitrogen and oxygen atoms in total. The van der Waals surface area contributed by atoms with Gasteiger partial charge in [0.05, 0.1) is 5.41 Å². The summed E-state index contributed by atoms with van der Waals surface area (Å²) in [5.41, 5.74) is 6.26. The lowest BCUT2D eigenvalue weighted by atomic mass is 9.65. The summed E-state index contributed by atoms with van der Waals surface area (Å²) in [6.07, 6.45) is 3.60. The Morgan fingerprint density at radius 3 is 2.71 bits per heavy atom. The number of nitrogens with two attached hydrogens (primary N) is 1. The lowest BCUT2D eigenvalue weighted by Gasteiger charge is -2.39. The Morgan fingerprint density at radius 2 is 2.06 bits per heavy atom. The predicted molar refractivity (Wildman–Crippen MR) is 61.7 cm³/mol. The van der Waals surface area contributed by atoms with E-state index in [4.69, 9.17) is 15.2 Å². The quantitative estimate of drug-likeness (QED) is 0.862. The van der Waals surface area contributed by atoms with Crippen molar-refractivity contribution in [1.29, 1.82) is 0 Å². The first-order valence-electron chi connectivity index (χ1n) is 5.88. The van der Waals surface area contributed by atoms with Crippen molar-refractivity contribution >= 4 is 5.91 Å². The third kappa shape index (κ3) is 1.64. The van der Waals surface area contributed by atoms with Gasteiger partial charge in [-0.25, -0.2) is 0 Å². The van der Waals surface area contributed by atoms with E-state index in [1.165, 1.54) is 0 Å². The number of fused-ring (bicyclic) bond motifs is 1. The van der Waals surface area contributed by atoms with E-state index in [2.05, 4.69) is 0 Å². The van der Waals surface area contributed by atoms with E-state index < -0.39 is 0 Å². The molecule has 1 heterocycles. The molecular formula is C13H15NO3. The maximum Gasteiger partial charge on any atom is 0.231 e. The van der Waals surface area contributed by atoms with Crippen LogP contribution < -0.4 is 15.2 Å². The number of benzene rings is 1. The lowest BCUT2D eigenvalue weighted by molar-refractivity contribution is -0.132. The largest absolute Gasteiger partial charge is 0.454 e. The van der Waals surface area contributed by atoms with Crippen LogP contribution in [0.25, 0.3) is 0 Å². The van der Waals surface area contributed by atoms with Crippen LogP contribution in [-0.4, -0.2) is 12.7 Å². The number of ether oxygens (including phenoxy) is 2. The fourth-order valence-corrected chi connectivity index (χ4v) is 2.56. The molecule has 1 aromatic carbocycles. The maximum atomic E-state index is 11.5. The number of hydrogen-bond donors (Lipinski definition) is 1. The van der Waals surface area contributed by atoms with Crippen molar-refractivity contribution in [1.82, 2.24) is 0 Å². The van der Waals surface area contributed by atoms with E-state index >= 15 is 0 Å². The number of amides is 1. The van der Waals surface area contributed by atoms with Crippen molar-refractivity contribution in [3.63, 3.8) is 0 Å². The zero-order valence-electron chi connectivity index (χ0n) is 9.57. The van der Waals surface area contributed by atoms with Crippen molar-refractivity contribution in [2.45, 2.75) is 25.7 Å². The fraction of sp³-hybridized carbons (Fsp3) is 0.462. The topological polar surface area (TPSA) is 61.6 Å². The van der Waals surface area contributed by atoms with E-state index in [-0.39, 0.29) is 18.1 Å². The highest BCUT2D eigenvalue weighted by atomic mass is 16.7. The van der Waals surface area contributed by atoms with Crippen LogP contribution in [0.5, 0.6) is 11.5 Å². The molecular weight excluding hydrogens is 218 g/mol. The molecule has 1 aliphatic carbocycles. The summed E-state index contributed by atoms with van der Waals surface area (Å²) in [6, 6.07) is 5.83. The number of primary amides is 1. The van der Waals surface area contributed by atoms with Crippen LogP contribution in [0.1, 0.15) is 24.8 Å². The van der Waals surface area contributed by atoms with Crippen LogP contribution in [0.3, 0.4) is 0 Å². The van der Waals surface area contributed by atoms with Crippen LogP contribution in [0.2, 0.25) is 0 Å². The predicted octanol–water partition coefficient (Wildman–Crippen LogP) is 1.61. The molecule has 0 bridgehead atoms. The normalized spacial score (nSPS) is 19.8. The second kappa shape index (κ2) is 3.65. The lowest BCUT2D eigenvalue weighted by Crippen LogP contribution is -2.44. The number of carbonyl (C=O) groups excluding carboxylic acids is 1. The molecule has 2 N–H and O–H groups in total. The molecule has 4 heteroatoms. The van der Waals surface area contributed by atoms with Gasteiger partial charge in [0, 0.05) is 0 Å². The van der Waals surface area contributed by atoms with Crippen LogP contribution in [-0.2, 0) is 11.2 Å². The molecule has 1 saturated carbocycles. The van der Waals surface area contributed by atoms with E-state index in [1.807, 2.05) is 18.2 Å². The minimum Gasteiger partial charge on any atom is -0.454 e. The summed E-state index contributed by atoms with van der Waals surface area (Å²) in [7, 11) is 0. The molecule has 1 aliphatic heterocycles. The molecule has 0 spiro atoms. The van der Waals surface area contributed by atoms with Gasteiger partial charge in [0.25, 0.3) is 0 Å². The van der Waals surface area contributed by atoms with E-state index in [1.54, 1.807) is 0 Å². The summed E-state index contributed by atoms with van der Waals surface area (Å²) >= 11 is 0. The molecule has 0 unspecified atom stereocenters. The summed E-state index contributed by atoms with van der Waals surface area (Å²) in [4.78, 5) is 11.5. The van der Waals surface area contributed by atoms with Gasteiger partial charge < -0.3 is 15.2 Å². The summed E-state index contributed by atoms with van der Waals surface area (Å²) in [5, 5.41) is 0. The fourth-order valence-electron chi connectivity index (χ4n) is 2.56. The molecule has 17 heavy (non-hydrogen) atoms. The molecule has 0 aromatic heterocycles. The Labute approximate surface area is 99.7 Å². The summed E-state index contributed by atoms with van der Waals surface area (Å²) in [5.74, 6) is 1.36. The van der Waals surface area contributed by atoms with E-state index in [9.17, 15) is 4.79 Å². The zero-order chi connectivity index (χ0) is 11.9. The molecule has 2 aliphatic rings. The van der Waals surface area contributed by atoms with Gasteiger partial charge in [-0.1, -0.05) is 12.5 Å². The van der Waals surface area contributed by atoms with E-state index in [0.717, 1.165) is 36.3 Å². The molecule has 0 radical (unpaired) electrons. The van der Waals surface area contributed by atoms with Crippen molar-refractivity contribution < 1.29 is 14.3 Å². The van der Waals surface area contributed by atoms with Crippen LogP contribution in [0.15, 0.2) is 18.2 Å². The molecule has 1 amide bonds. The van der Waals surface area contributed by atoms with Crippen molar-refractivity contribution in [3.8, 4) is 11.5 Å². The minimum absolute atomic E-state index is 0.179. The van der Waals surface area contributed by atoms with Crippen LogP contribution in [0.4, 0.5) is 0 Å². The van der Waals surface area contributed by atoms with Gasteiger partial charge in [-0.05, 0) is 37.0 Å². The Bertz CT molecular complexity index is 466. The second-order valence-electron chi connectivity index (χ2n) is 4.86. The molecule has 1 fully saturated rings. The smallest absolute Gasteiger partial charge is 0.231 e. The van der Waals surface area contributed by atoms with Gasteiger partial charge in [-0.15, -0.1) is 0 Å².